The van der Waals surface area contributed by atoms with Crippen molar-refractivity contribution in [3.05, 3.63) is 23.4 Å². The number of aliphatic hydroxyl groups excluding tert-OH is 1. The minimum Gasteiger partial charge on any atom is -0.394 e. The van der Waals surface area contributed by atoms with Gasteiger partial charge >= 0.3 is 0 Å². The molecule has 5 heteroatoms. The lowest BCUT2D eigenvalue weighted by Crippen LogP contribution is -2.47. The van der Waals surface area contributed by atoms with Crippen molar-refractivity contribution in [3.63, 3.8) is 0 Å². The van der Waals surface area contributed by atoms with E-state index in [4.69, 9.17) is 17.3 Å². The minimum absolute atomic E-state index is 0.0987. The summed E-state index contributed by atoms with van der Waals surface area (Å²) in [7, 11) is 0. The fourth-order valence-corrected chi connectivity index (χ4v) is 3.58. The minimum atomic E-state index is -0.353. The number of rotatable bonds is 5. The summed E-state index contributed by atoms with van der Waals surface area (Å²) in [5.74, 6) is 1.42. The number of pyridine rings is 1. The third-order valence-electron chi connectivity index (χ3n) is 3.72. The highest BCUT2D eigenvalue weighted by Gasteiger charge is 2.38. The Balaban J connectivity index is 1.80. The molecule has 1 aromatic rings. The van der Waals surface area contributed by atoms with Crippen LogP contribution in [-0.4, -0.2) is 28.0 Å². The van der Waals surface area contributed by atoms with Crippen LogP contribution >= 0.6 is 23.4 Å². The van der Waals surface area contributed by atoms with E-state index in [-0.39, 0.29) is 12.1 Å². The molecule has 2 atom stereocenters. The first-order valence-electron chi connectivity index (χ1n) is 6.28. The van der Waals surface area contributed by atoms with E-state index in [0.717, 1.165) is 36.5 Å². The number of halogens is 1. The average molecular weight is 287 g/mol. The molecule has 2 rings (SSSR count). The van der Waals surface area contributed by atoms with E-state index in [1.165, 1.54) is 0 Å². The summed E-state index contributed by atoms with van der Waals surface area (Å²) < 4.78 is 0. The molecule has 1 saturated carbocycles. The lowest BCUT2D eigenvalue weighted by Gasteiger charge is -2.29. The number of aromatic nitrogens is 1. The zero-order valence-corrected chi connectivity index (χ0v) is 11.9. The van der Waals surface area contributed by atoms with Crippen LogP contribution in [0.1, 0.15) is 25.7 Å². The second-order valence-electron chi connectivity index (χ2n) is 4.93. The molecule has 0 bridgehead atoms. The van der Waals surface area contributed by atoms with Gasteiger partial charge in [0.15, 0.2) is 0 Å². The summed E-state index contributed by atoms with van der Waals surface area (Å²) in [6, 6.07) is 3.79. The van der Waals surface area contributed by atoms with Crippen LogP contribution in [0.5, 0.6) is 0 Å². The molecule has 18 heavy (non-hydrogen) atoms. The molecule has 1 heterocycles. The summed E-state index contributed by atoms with van der Waals surface area (Å²) in [5, 5.41) is 11.0. The van der Waals surface area contributed by atoms with Gasteiger partial charge in [0.05, 0.1) is 16.7 Å². The molecule has 1 aliphatic carbocycles. The SMILES string of the molecule is NC1(CO)CCCC1CCSc1ccc(Cl)cn1. The quantitative estimate of drug-likeness (QED) is 0.817. The van der Waals surface area contributed by atoms with Gasteiger partial charge in [-0.05, 0) is 43.1 Å². The van der Waals surface area contributed by atoms with Crippen LogP contribution in [0, 0.1) is 5.92 Å². The van der Waals surface area contributed by atoms with Crippen molar-refractivity contribution < 1.29 is 5.11 Å². The van der Waals surface area contributed by atoms with E-state index in [0.29, 0.717) is 10.9 Å². The summed E-state index contributed by atoms with van der Waals surface area (Å²) in [6.07, 6.45) is 5.90. The lowest BCUT2D eigenvalue weighted by molar-refractivity contribution is 0.158. The van der Waals surface area contributed by atoms with Gasteiger partial charge in [-0.3, -0.25) is 0 Å². The van der Waals surface area contributed by atoms with E-state index in [9.17, 15) is 5.11 Å². The Hall–Kier alpha value is -0.290. The second kappa shape index (κ2) is 6.24. The van der Waals surface area contributed by atoms with Crippen molar-refractivity contribution >= 4 is 23.4 Å². The Morgan fingerprint density at radius 1 is 1.56 bits per heavy atom. The highest BCUT2D eigenvalue weighted by molar-refractivity contribution is 7.99. The molecule has 0 amide bonds. The van der Waals surface area contributed by atoms with Gasteiger partial charge in [-0.2, -0.15) is 0 Å². The first kappa shape index (κ1) is 14.1. The molecule has 1 aliphatic rings. The van der Waals surface area contributed by atoms with E-state index >= 15 is 0 Å². The van der Waals surface area contributed by atoms with Crippen LogP contribution in [0.3, 0.4) is 0 Å². The van der Waals surface area contributed by atoms with E-state index in [1.54, 1.807) is 18.0 Å². The fourth-order valence-electron chi connectivity index (χ4n) is 2.56. The molecule has 1 aromatic heterocycles. The van der Waals surface area contributed by atoms with Crippen molar-refractivity contribution in [3.8, 4) is 0 Å². The summed E-state index contributed by atoms with van der Waals surface area (Å²) in [4.78, 5) is 4.25. The topological polar surface area (TPSA) is 59.1 Å². The van der Waals surface area contributed by atoms with Crippen LogP contribution in [0.15, 0.2) is 23.4 Å². The third-order valence-corrected chi connectivity index (χ3v) is 4.92. The smallest absolute Gasteiger partial charge is 0.0960 e. The molecule has 0 spiro atoms. The Kier molecular flexibility index (Phi) is 4.90. The van der Waals surface area contributed by atoms with Gasteiger partial charge in [0, 0.05) is 11.7 Å². The Morgan fingerprint density at radius 3 is 3.06 bits per heavy atom. The van der Waals surface area contributed by atoms with Gasteiger partial charge in [0.2, 0.25) is 0 Å². The summed E-state index contributed by atoms with van der Waals surface area (Å²) in [6.45, 7) is 0.0987. The predicted octanol–water partition coefficient (Wildman–Crippen LogP) is 2.71. The fraction of sp³-hybridized carbons (Fsp3) is 0.615. The number of hydrogen-bond acceptors (Lipinski definition) is 4. The number of nitrogens with two attached hydrogens (primary N) is 1. The highest BCUT2D eigenvalue weighted by atomic mass is 35.5. The number of aliphatic hydroxyl groups is 1. The molecule has 0 radical (unpaired) electrons. The number of hydrogen-bond donors (Lipinski definition) is 2. The predicted molar refractivity (Wildman–Crippen MR) is 75.9 cm³/mol. The highest BCUT2D eigenvalue weighted by Crippen LogP contribution is 2.36. The van der Waals surface area contributed by atoms with E-state index in [2.05, 4.69) is 4.98 Å². The Morgan fingerprint density at radius 2 is 2.39 bits per heavy atom. The zero-order valence-electron chi connectivity index (χ0n) is 10.3. The monoisotopic (exact) mass is 286 g/mol. The molecule has 100 valence electrons. The van der Waals surface area contributed by atoms with Gasteiger partial charge < -0.3 is 10.8 Å². The normalized spacial score (nSPS) is 27.6. The molecule has 3 N–H and O–H groups in total. The van der Waals surface area contributed by atoms with Crippen LogP contribution < -0.4 is 5.73 Å². The van der Waals surface area contributed by atoms with Crippen molar-refractivity contribution in [2.24, 2.45) is 11.7 Å². The Bertz CT molecular complexity index is 387. The van der Waals surface area contributed by atoms with E-state index < -0.39 is 0 Å². The van der Waals surface area contributed by atoms with Crippen molar-refractivity contribution in [2.45, 2.75) is 36.2 Å². The maximum atomic E-state index is 9.38. The van der Waals surface area contributed by atoms with E-state index in [1.807, 2.05) is 12.1 Å². The van der Waals surface area contributed by atoms with Gasteiger partial charge in [0.1, 0.15) is 0 Å². The van der Waals surface area contributed by atoms with Crippen LogP contribution in [0.4, 0.5) is 0 Å². The van der Waals surface area contributed by atoms with Gasteiger partial charge in [-0.25, -0.2) is 4.98 Å². The molecular formula is C13H19ClN2OS. The van der Waals surface area contributed by atoms with Gasteiger partial charge in [-0.15, -0.1) is 11.8 Å². The summed E-state index contributed by atoms with van der Waals surface area (Å²) in [5.41, 5.74) is 5.86. The number of thioether (sulfide) groups is 1. The average Bonchev–Trinajstić information content (AvgIpc) is 2.74. The van der Waals surface area contributed by atoms with Gasteiger partial charge in [0.25, 0.3) is 0 Å². The zero-order chi connectivity index (χ0) is 13.0. The molecule has 0 saturated heterocycles. The lowest BCUT2D eigenvalue weighted by atomic mass is 9.87. The molecule has 2 unspecified atom stereocenters. The second-order valence-corrected chi connectivity index (χ2v) is 6.48. The Labute approximate surface area is 117 Å². The maximum Gasteiger partial charge on any atom is 0.0960 e. The van der Waals surface area contributed by atoms with Crippen LogP contribution in [-0.2, 0) is 0 Å². The standard InChI is InChI=1S/C13H19ClN2OS/c14-11-3-4-12(16-8-11)18-7-5-10-2-1-6-13(10,15)9-17/h3-4,8,10,17H,1-2,5-7,9,15H2. The molecule has 0 aromatic carbocycles. The van der Waals surface area contributed by atoms with Crippen LogP contribution in [0.2, 0.25) is 5.02 Å². The first-order chi connectivity index (χ1) is 8.64. The van der Waals surface area contributed by atoms with Gasteiger partial charge in [-0.1, -0.05) is 18.0 Å². The maximum absolute atomic E-state index is 9.38. The molecular weight excluding hydrogens is 268 g/mol. The van der Waals surface area contributed by atoms with Crippen molar-refractivity contribution in [2.75, 3.05) is 12.4 Å². The third kappa shape index (κ3) is 3.38. The van der Waals surface area contributed by atoms with Crippen LogP contribution in [0.25, 0.3) is 0 Å². The van der Waals surface area contributed by atoms with Crippen molar-refractivity contribution in [1.82, 2.24) is 4.98 Å². The summed E-state index contributed by atoms with van der Waals surface area (Å²) >= 11 is 7.51. The van der Waals surface area contributed by atoms with Crippen molar-refractivity contribution in [1.29, 1.82) is 0 Å². The molecule has 3 nitrogen and oxygen atoms in total. The first-order valence-corrected chi connectivity index (χ1v) is 7.64. The molecule has 0 aliphatic heterocycles. The number of nitrogens with zero attached hydrogens (tertiary/aromatic N) is 1. The molecule has 1 fully saturated rings. The largest absolute Gasteiger partial charge is 0.394 e.